The van der Waals surface area contributed by atoms with Crippen LogP contribution in [0.25, 0.3) is 0 Å². The Balaban J connectivity index is 1.43. The maximum absolute atomic E-state index is 12.9. The van der Waals surface area contributed by atoms with Crippen molar-refractivity contribution in [1.29, 1.82) is 0 Å². The molecule has 4 aromatic rings. The topological polar surface area (TPSA) is 104 Å². The standard InChI is InChI=1S/C27H24N2O6/c30-25(31)22-13-15-23(16-14-22)34-18-8-7-17-28-26(32)29(35-27(28)33)19-24(20-9-3-1-4-10-20)21-11-5-2-6-12-21/h1-16,24H,17-19H2,(H,30,31)/b8-7+. The molecule has 0 aliphatic rings. The Hall–Kier alpha value is -4.59. The lowest BCUT2D eigenvalue weighted by atomic mass is 9.91. The molecule has 0 saturated heterocycles. The van der Waals surface area contributed by atoms with E-state index in [4.69, 9.17) is 14.4 Å². The predicted molar refractivity (Wildman–Crippen MR) is 130 cm³/mol. The van der Waals surface area contributed by atoms with E-state index < -0.39 is 17.4 Å². The first kappa shape index (κ1) is 23.6. The summed E-state index contributed by atoms with van der Waals surface area (Å²) in [4.78, 5) is 36.1. The SMILES string of the molecule is O=C(O)c1ccc(OC/C=C/Cn2c(=O)on(CC(c3ccccc3)c3ccccc3)c2=O)cc1. The number of aromatic nitrogens is 2. The number of hydrogen-bond donors (Lipinski definition) is 1. The van der Waals surface area contributed by atoms with E-state index >= 15 is 0 Å². The second-order valence-electron chi connectivity index (χ2n) is 7.80. The van der Waals surface area contributed by atoms with Gasteiger partial charge in [-0.05, 0) is 41.5 Å². The minimum atomic E-state index is -1.01. The maximum atomic E-state index is 12.9. The van der Waals surface area contributed by atoms with Crippen LogP contribution in [0.2, 0.25) is 0 Å². The van der Waals surface area contributed by atoms with E-state index in [1.54, 1.807) is 24.3 Å². The number of hydrogen-bond acceptors (Lipinski definition) is 5. The van der Waals surface area contributed by atoms with Crippen molar-refractivity contribution in [2.24, 2.45) is 0 Å². The van der Waals surface area contributed by atoms with Crippen LogP contribution in [0.4, 0.5) is 0 Å². The van der Waals surface area contributed by atoms with Gasteiger partial charge in [0, 0.05) is 5.92 Å². The molecule has 0 bridgehead atoms. The number of benzene rings is 3. The van der Waals surface area contributed by atoms with E-state index in [9.17, 15) is 14.4 Å². The molecule has 1 aromatic heterocycles. The minimum absolute atomic E-state index is 0.0385. The van der Waals surface area contributed by atoms with E-state index in [2.05, 4.69) is 0 Å². The molecule has 0 fully saturated rings. The molecule has 0 aliphatic heterocycles. The fraction of sp³-hybridized carbons (Fsp3) is 0.148. The summed E-state index contributed by atoms with van der Waals surface area (Å²) in [6.07, 6.45) is 3.31. The Morgan fingerprint density at radius 3 is 2.06 bits per heavy atom. The molecule has 0 atom stereocenters. The molecule has 0 unspecified atom stereocenters. The molecule has 8 heteroatoms. The second-order valence-corrected chi connectivity index (χ2v) is 7.80. The Labute approximate surface area is 200 Å². The van der Waals surface area contributed by atoms with Gasteiger partial charge in [-0.1, -0.05) is 66.7 Å². The van der Waals surface area contributed by atoms with Crippen molar-refractivity contribution in [2.45, 2.75) is 19.0 Å². The molecule has 3 aromatic carbocycles. The van der Waals surface area contributed by atoms with Crippen LogP contribution in [0.3, 0.4) is 0 Å². The monoisotopic (exact) mass is 472 g/mol. The molecular weight excluding hydrogens is 448 g/mol. The largest absolute Gasteiger partial charge is 0.490 e. The highest BCUT2D eigenvalue weighted by atomic mass is 16.5. The third kappa shape index (κ3) is 5.86. The zero-order chi connectivity index (χ0) is 24.6. The third-order valence-electron chi connectivity index (χ3n) is 5.51. The van der Waals surface area contributed by atoms with Gasteiger partial charge in [0.25, 0.3) is 0 Å². The molecule has 1 N–H and O–H groups in total. The number of rotatable bonds is 10. The van der Waals surface area contributed by atoms with Gasteiger partial charge in [0.2, 0.25) is 0 Å². The van der Waals surface area contributed by atoms with E-state index in [0.29, 0.717) is 5.75 Å². The molecule has 0 radical (unpaired) electrons. The van der Waals surface area contributed by atoms with Gasteiger partial charge in [-0.3, -0.25) is 0 Å². The Kier molecular flexibility index (Phi) is 7.42. The van der Waals surface area contributed by atoms with Crippen LogP contribution >= 0.6 is 0 Å². The number of carboxylic acid groups (broad SMARTS) is 1. The maximum Gasteiger partial charge on any atom is 0.443 e. The van der Waals surface area contributed by atoms with E-state index in [1.165, 1.54) is 12.1 Å². The van der Waals surface area contributed by atoms with Crippen molar-refractivity contribution < 1.29 is 19.2 Å². The Bertz CT molecular complexity index is 1360. The van der Waals surface area contributed by atoms with Crippen LogP contribution in [-0.2, 0) is 13.1 Å². The van der Waals surface area contributed by atoms with Crippen LogP contribution in [0.5, 0.6) is 5.75 Å². The van der Waals surface area contributed by atoms with Gasteiger partial charge in [-0.25, -0.2) is 19.0 Å². The molecule has 178 valence electrons. The average molecular weight is 472 g/mol. The fourth-order valence-electron chi connectivity index (χ4n) is 3.69. The lowest BCUT2D eigenvalue weighted by molar-refractivity contribution is 0.0697. The average Bonchev–Trinajstić information content (AvgIpc) is 3.15. The second kappa shape index (κ2) is 11.0. The molecule has 0 amide bonds. The summed E-state index contributed by atoms with van der Waals surface area (Å²) >= 11 is 0. The number of ether oxygens (including phenoxy) is 1. The number of aromatic carboxylic acids is 1. The zero-order valence-electron chi connectivity index (χ0n) is 18.8. The summed E-state index contributed by atoms with van der Waals surface area (Å²) in [7, 11) is 0. The molecule has 35 heavy (non-hydrogen) atoms. The summed E-state index contributed by atoms with van der Waals surface area (Å²) in [5.74, 6) is -1.39. The van der Waals surface area contributed by atoms with Gasteiger partial charge < -0.3 is 14.4 Å². The molecule has 0 saturated carbocycles. The lowest BCUT2D eigenvalue weighted by Crippen LogP contribution is -2.29. The summed E-state index contributed by atoms with van der Waals surface area (Å²) in [6.45, 7) is 0.419. The van der Waals surface area contributed by atoms with Crippen molar-refractivity contribution in [3.05, 3.63) is 135 Å². The van der Waals surface area contributed by atoms with Gasteiger partial charge in [0.1, 0.15) is 12.4 Å². The summed E-state index contributed by atoms with van der Waals surface area (Å²) < 4.78 is 12.9. The van der Waals surface area contributed by atoms with Gasteiger partial charge in [-0.15, -0.1) is 0 Å². The molecule has 8 nitrogen and oxygen atoms in total. The van der Waals surface area contributed by atoms with Gasteiger partial charge in [0.15, 0.2) is 0 Å². The molecule has 0 spiro atoms. The number of carboxylic acids is 1. The van der Waals surface area contributed by atoms with Gasteiger partial charge in [0.05, 0.1) is 18.7 Å². The molecular formula is C27H24N2O6. The van der Waals surface area contributed by atoms with Crippen LogP contribution < -0.4 is 16.2 Å². The summed E-state index contributed by atoms with van der Waals surface area (Å²) in [5, 5.41) is 8.93. The zero-order valence-corrected chi connectivity index (χ0v) is 18.8. The number of nitrogens with zero attached hydrogens (tertiary/aromatic N) is 2. The van der Waals surface area contributed by atoms with E-state index in [0.717, 1.165) is 20.4 Å². The lowest BCUT2D eigenvalue weighted by Gasteiger charge is -2.17. The highest BCUT2D eigenvalue weighted by molar-refractivity contribution is 5.87. The Morgan fingerprint density at radius 2 is 1.49 bits per heavy atom. The van der Waals surface area contributed by atoms with E-state index in [1.807, 2.05) is 60.7 Å². The van der Waals surface area contributed by atoms with Crippen LogP contribution in [0.15, 0.2) is 111 Å². The highest BCUT2D eigenvalue weighted by Crippen LogP contribution is 2.25. The summed E-state index contributed by atoms with van der Waals surface area (Å²) in [6, 6.07) is 25.5. The first-order valence-corrected chi connectivity index (χ1v) is 11.0. The van der Waals surface area contributed by atoms with Crippen LogP contribution in [-0.4, -0.2) is 27.0 Å². The van der Waals surface area contributed by atoms with Gasteiger partial charge >= 0.3 is 17.4 Å². The number of carbonyl (C=O) groups is 1. The Morgan fingerprint density at radius 1 is 0.886 bits per heavy atom. The highest BCUT2D eigenvalue weighted by Gasteiger charge is 2.19. The molecule has 1 heterocycles. The predicted octanol–water partition coefficient (Wildman–Crippen LogP) is 3.77. The van der Waals surface area contributed by atoms with Crippen molar-refractivity contribution in [1.82, 2.24) is 9.31 Å². The van der Waals surface area contributed by atoms with Gasteiger partial charge in [-0.2, -0.15) is 4.74 Å². The summed E-state index contributed by atoms with van der Waals surface area (Å²) in [5.41, 5.74) is 1.66. The normalized spacial score (nSPS) is 11.2. The minimum Gasteiger partial charge on any atom is -0.490 e. The van der Waals surface area contributed by atoms with Crippen molar-refractivity contribution >= 4 is 5.97 Å². The molecule has 0 aliphatic carbocycles. The number of allylic oxidation sites excluding steroid dienone is 1. The van der Waals surface area contributed by atoms with Crippen LogP contribution in [0.1, 0.15) is 27.4 Å². The van der Waals surface area contributed by atoms with E-state index in [-0.39, 0.29) is 31.2 Å². The van der Waals surface area contributed by atoms with Crippen molar-refractivity contribution in [3.63, 3.8) is 0 Å². The van der Waals surface area contributed by atoms with Crippen molar-refractivity contribution in [3.8, 4) is 5.75 Å². The van der Waals surface area contributed by atoms with Crippen molar-refractivity contribution in [2.75, 3.05) is 6.61 Å². The smallest absolute Gasteiger partial charge is 0.443 e. The quantitative estimate of drug-likeness (QED) is 0.353. The van der Waals surface area contributed by atoms with Crippen LogP contribution in [0, 0.1) is 0 Å². The fourth-order valence-corrected chi connectivity index (χ4v) is 3.69. The first-order chi connectivity index (χ1) is 17.0. The first-order valence-electron chi connectivity index (χ1n) is 11.0. The third-order valence-corrected chi connectivity index (χ3v) is 5.51. The molecule has 4 rings (SSSR count).